The first-order valence-corrected chi connectivity index (χ1v) is 8.29. The molecule has 4 nitrogen and oxygen atoms in total. The maximum absolute atomic E-state index is 12.5. The fourth-order valence-corrected chi connectivity index (χ4v) is 4.65. The number of ether oxygens (including phenoxy) is 1. The molecule has 0 heterocycles. The lowest BCUT2D eigenvalue weighted by Gasteiger charge is -2.39. The normalized spacial score (nSPS) is 34.2. The first kappa shape index (κ1) is 16.0. The van der Waals surface area contributed by atoms with Crippen LogP contribution in [0.2, 0.25) is 0 Å². The van der Waals surface area contributed by atoms with Gasteiger partial charge in [-0.1, -0.05) is 39.0 Å². The second-order valence-corrected chi connectivity index (χ2v) is 7.73. The summed E-state index contributed by atoms with van der Waals surface area (Å²) >= 11 is 0. The summed E-state index contributed by atoms with van der Waals surface area (Å²) in [6.45, 7) is 8.15. The molecular weight excluding hydrogens is 290 g/mol. The van der Waals surface area contributed by atoms with Gasteiger partial charge in [-0.25, -0.2) is 0 Å². The van der Waals surface area contributed by atoms with Crippen LogP contribution in [-0.2, 0) is 9.53 Å². The zero-order valence-electron chi connectivity index (χ0n) is 14.3. The molecule has 2 fully saturated rings. The van der Waals surface area contributed by atoms with Crippen LogP contribution in [0.15, 0.2) is 30.3 Å². The summed E-state index contributed by atoms with van der Waals surface area (Å²) in [5, 5.41) is 3.22. The molecule has 2 bridgehead atoms. The number of amides is 1. The van der Waals surface area contributed by atoms with Crippen molar-refractivity contribution in [3.63, 3.8) is 0 Å². The van der Waals surface area contributed by atoms with Gasteiger partial charge in [0.15, 0.2) is 0 Å². The first-order chi connectivity index (χ1) is 10.8. The van der Waals surface area contributed by atoms with Gasteiger partial charge in [0, 0.05) is 24.4 Å². The molecular formula is C19H25NO3. The van der Waals surface area contributed by atoms with Gasteiger partial charge in [-0.15, -0.1) is 0 Å². The highest BCUT2D eigenvalue weighted by Crippen LogP contribution is 2.66. The lowest BCUT2D eigenvalue weighted by atomic mass is 9.69. The fraction of sp³-hybridized carbons (Fsp3) is 0.579. The zero-order chi connectivity index (χ0) is 16.8. The van der Waals surface area contributed by atoms with Crippen molar-refractivity contribution in [2.45, 2.75) is 52.7 Å². The van der Waals surface area contributed by atoms with E-state index in [1.807, 2.05) is 30.3 Å². The second kappa shape index (κ2) is 5.36. The van der Waals surface area contributed by atoms with Crippen LogP contribution < -0.4 is 5.32 Å². The van der Waals surface area contributed by atoms with Crippen molar-refractivity contribution in [3.05, 3.63) is 35.9 Å². The Labute approximate surface area is 137 Å². The van der Waals surface area contributed by atoms with E-state index in [2.05, 4.69) is 26.1 Å². The van der Waals surface area contributed by atoms with Gasteiger partial charge in [-0.3, -0.25) is 9.59 Å². The highest BCUT2D eigenvalue weighted by molar-refractivity contribution is 5.94. The number of fused-ring (bicyclic) bond motifs is 2. The molecule has 4 heteroatoms. The van der Waals surface area contributed by atoms with Crippen LogP contribution in [-0.4, -0.2) is 24.0 Å². The molecule has 1 aromatic carbocycles. The number of carbonyl (C=O) groups excluding carboxylic acids is 2. The summed E-state index contributed by atoms with van der Waals surface area (Å²) < 4.78 is 5.53. The molecule has 0 spiro atoms. The third-order valence-electron chi connectivity index (χ3n) is 6.39. The molecule has 1 aromatic rings. The maximum atomic E-state index is 12.5. The number of nitrogens with one attached hydrogen (secondary N) is 1. The molecule has 2 aliphatic rings. The fourth-order valence-electron chi connectivity index (χ4n) is 4.65. The van der Waals surface area contributed by atoms with Gasteiger partial charge in [-0.2, -0.15) is 0 Å². The molecule has 0 saturated heterocycles. The van der Waals surface area contributed by atoms with E-state index in [4.69, 9.17) is 4.74 Å². The van der Waals surface area contributed by atoms with Crippen LogP contribution in [0.5, 0.6) is 0 Å². The minimum atomic E-state index is -0.216. The van der Waals surface area contributed by atoms with Gasteiger partial charge in [0.25, 0.3) is 5.91 Å². The lowest BCUT2D eigenvalue weighted by molar-refractivity contribution is -0.149. The smallest absolute Gasteiger partial charge is 0.302 e. The molecule has 0 unspecified atom stereocenters. The van der Waals surface area contributed by atoms with E-state index < -0.39 is 0 Å². The number of esters is 1. The molecule has 3 rings (SSSR count). The molecule has 1 N–H and O–H groups in total. The Morgan fingerprint density at radius 2 is 1.83 bits per heavy atom. The Morgan fingerprint density at radius 3 is 2.35 bits per heavy atom. The van der Waals surface area contributed by atoms with E-state index in [-0.39, 0.29) is 40.8 Å². The molecule has 23 heavy (non-hydrogen) atoms. The number of hydrogen-bond acceptors (Lipinski definition) is 3. The number of carbonyl (C=O) groups is 2. The van der Waals surface area contributed by atoms with E-state index in [0.717, 1.165) is 12.8 Å². The van der Waals surface area contributed by atoms with Gasteiger partial charge in [-0.05, 0) is 35.8 Å². The molecule has 1 amide bonds. The SMILES string of the molecule is CC(=O)O[C@@H]1C[C@@]2(C)[C@H](NC(=O)c3ccccc3)C[C@@H]1C2(C)C. The summed E-state index contributed by atoms with van der Waals surface area (Å²) in [5.74, 6) is 0.0495. The summed E-state index contributed by atoms with van der Waals surface area (Å²) in [6, 6.07) is 9.43. The highest BCUT2D eigenvalue weighted by Gasteiger charge is 2.66. The third-order valence-corrected chi connectivity index (χ3v) is 6.39. The van der Waals surface area contributed by atoms with Crippen LogP contribution in [0.1, 0.15) is 50.9 Å². The van der Waals surface area contributed by atoms with E-state index in [9.17, 15) is 9.59 Å². The minimum Gasteiger partial charge on any atom is -0.462 e. The summed E-state index contributed by atoms with van der Waals surface area (Å²) in [5.41, 5.74) is 0.650. The van der Waals surface area contributed by atoms with Crippen molar-refractivity contribution in [3.8, 4) is 0 Å². The van der Waals surface area contributed by atoms with Crippen molar-refractivity contribution >= 4 is 11.9 Å². The molecule has 4 atom stereocenters. The molecule has 0 aliphatic heterocycles. The summed E-state index contributed by atoms with van der Waals surface area (Å²) in [4.78, 5) is 23.8. The Bertz CT molecular complexity index is 625. The minimum absolute atomic E-state index is 0.0239. The van der Waals surface area contributed by atoms with Crippen molar-refractivity contribution in [2.75, 3.05) is 0 Å². The number of hydrogen-bond donors (Lipinski definition) is 1. The number of rotatable bonds is 3. The van der Waals surface area contributed by atoms with Crippen molar-refractivity contribution in [2.24, 2.45) is 16.7 Å². The number of benzene rings is 1. The van der Waals surface area contributed by atoms with E-state index in [1.54, 1.807) is 0 Å². The Morgan fingerprint density at radius 1 is 1.17 bits per heavy atom. The maximum Gasteiger partial charge on any atom is 0.302 e. The van der Waals surface area contributed by atoms with E-state index >= 15 is 0 Å². The van der Waals surface area contributed by atoms with Crippen molar-refractivity contribution in [1.29, 1.82) is 0 Å². The Balaban J connectivity index is 1.77. The van der Waals surface area contributed by atoms with Gasteiger partial charge >= 0.3 is 5.97 Å². The standard InChI is InChI=1S/C19H25NO3/c1-12(21)23-15-11-19(4)16(10-14(15)18(19,2)3)20-17(22)13-8-6-5-7-9-13/h5-9,14-16H,10-11H2,1-4H3,(H,20,22)/t14-,15+,16+,19-/m0/s1. The van der Waals surface area contributed by atoms with Gasteiger partial charge in [0.1, 0.15) is 6.10 Å². The van der Waals surface area contributed by atoms with Crippen LogP contribution >= 0.6 is 0 Å². The predicted molar refractivity (Wildman–Crippen MR) is 87.9 cm³/mol. The van der Waals surface area contributed by atoms with Crippen molar-refractivity contribution in [1.82, 2.24) is 5.32 Å². The van der Waals surface area contributed by atoms with Crippen LogP contribution in [0.4, 0.5) is 0 Å². The first-order valence-electron chi connectivity index (χ1n) is 8.29. The summed E-state index contributed by atoms with van der Waals surface area (Å²) in [7, 11) is 0. The quantitative estimate of drug-likeness (QED) is 0.872. The lowest BCUT2D eigenvalue weighted by Crippen LogP contribution is -2.48. The molecule has 124 valence electrons. The molecule has 2 aliphatic carbocycles. The van der Waals surface area contributed by atoms with Crippen LogP contribution in [0.3, 0.4) is 0 Å². The van der Waals surface area contributed by atoms with Gasteiger partial charge in [0.05, 0.1) is 0 Å². The molecule has 0 radical (unpaired) electrons. The van der Waals surface area contributed by atoms with Crippen LogP contribution in [0, 0.1) is 16.7 Å². The zero-order valence-corrected chi connectivity index (χ0v) is 14.3. The average Bonchev–Trinajstić information content (AvgIpc) is 2.78. The Kier molecular flexibility index (Phi) is 3.74. The van der Waals surface area contributed by atoms with E-state index in [0.29, 0.717) is 5.56 Å². The van der Waals surface area contributed by atoms with Gasteiger partial charge < -0.3 is 10.1 Å². The summed E-state index contributed by atoms with van der Waals surface area (Å²) in [6.07, 6.45) is 1.64. The van der Waals surface area contributed by atoms with Crippen molar-refractivity contribution < 1.29 is 14.3 Å². The average molecular weight is 315 g/mol. The largest absolute Gasteiger partial charge is 0.462 e. The highest BCUT2D eigenvalue weighted by atomic mass is 16.5. The monoisotopic (exact) mass is 315 g/mol. The third kappa shape index (κ3) is 2.44. The van der Waals surface area contributed by atoms with Crippen LogP contribution in [0.25, 0.3) is 0 Å². The topological polar surface area (TPSA) is 55.4 Å². The Hall–Kier alpha value is -1.84. The van der Waals surface area contributed by atoms with Gasteiger partial charge in [0.2, 0.25) is 0 Å². The predicted octanol–water partition coefficient (Wildman–Crippen LogP) is 3.17. The van der Waals surface area contributed by atoms with E-state index in [1.165, 1.54) is 6.92 Å². The molecule has 0 aromatic heterocycles. The molecule has 2 saturated carbocycles. The second-order valence-electron chi connectivity index (χ2n) is 7.73.